The van der Waals surface area contributed by atoms with E-state index in [1.807, 2.05) is 32.9 Å². The van der Waals surface area contributed by atoms with Gasteiger partial charge < -0.3 is 19.1 Å². The molecule has 152 valence electrons. The highest BCUT2D eigenvalue weighted by atomic mass is 16.6. The maximum atomic E-state index is 12.4. The van der Waals surface area contributed by atoms with Crippen molar-refractivity contribution < 1.29 is 14.1 Å². The Hall–Kier alpha value is -2.57. The molecule has 0 unspecified atom stereocenters. The molecule has 1 amide bonds. The van der Waals surface area contributed by atoms with Gasteiger partial charge in [-0.3, -0.25) is 0 Å². The number of para-hydroxylation sites is 1. The summed E-state index contributed by atoms with van der Waals surface area (Å²) in [6.07, 6.45) is 2.29. The largest absolute Gasteiger partial charge is 0.444 e. The molecular formula is C21H30N4O3. The molecule has 3 rings (SSSR count). The lowest BCUT2D eigenvalue weighted by molar-refractivity contribution is 0.0206. The van der Waals surface area contributed by atoms with Gasteiger partial charge in [0.05, 0.1) is 0 Å². The number of aromatic nitrogens is 2. The molecule has 2 heterocycles. The lowest BCUT2D eigenvalue weighted by Crippen LogP contribution is -2.47. The maximum absolute atomic E-state index is 12.4. The molecule has 0 spiro atoms. The van der Waals surface area contributed by atoms with E-state index in [0.29, 0.717) is 24.9 Å². The van der Waals surface area contributed by atoms with Crippen molar-refractivity contribution in [3.63, 3.8) is 0 Å². The summed E-state index contributed by atoms with van der Waals surface area (Å²) in [6, 6.07) is 8.50. The predicted molar refractivity (Wildman–Crippen MR) is 108 cm³/mol. The van der Waals surface area contributed by atoms with Crippen LogP contribution in [0.1, 0.15) is 52.0 Å². The van der Waals surface area contributed by atoms with Crippen LogP contribution in [0.2, 0.25) is 0 Å². The number of rotatable bonds is 4. The second kappa shape index (κ2) is 8.20. The van der Waals surface area contributed by atoms with Gasteiger partial charge in [0.15, 0.2) is 0 Å². The molecule has 0 aliphatic carbocycles. The normalized spacial score (nSPS) is 15.5. The second-order valence-electron chi connectivity index (χ2n) is 8.16. The molecular weight excluding hydrogens is 356 g/mol. The van der Waals surface area contributed by atoms with E-state index in [2.05, 4.69) is 34.1 Å². The van der Waals surface area contributed by atoms with E-state index in [0.717, 1.165) is 24.9 Å². The fourth-order valence-electron chi connectivity index (χ4n) is 3.53. The van der Waals surface area contributed by atoms with Crippen molar-refractivity contribution >= 4 is 17.7 Å². The SMILES string of the molecule is CCc1ccccc1N(c1noc(C)n1)C1CCN(C(=O)OC(C)(C)C)CC1. The van der Waals surface area contributed by atoms with Gasteiger partial charge in [-0.2, -0.15) is 4.98 Å². The first-order chi connectivity index (χ1) is 13.3. The van der Waals surface area contributed by atoms with Gasteiger partial charge in [0.2, 0.25) is 5.89 Å². The summed E-state index contributed by atoms with van der Waals surface area (Å²) >= 11 is 0. The number of ether oxygens (including phenoxy) is 1. The third-order valence-electron chi connectivity index (χ3n) is 4.85. The molecule has 7 heteroatoms. The van der Waals surface area contributed by atoms with E-state index < -0.39 is 5.60 Å². The number of aryl methyl sites for hydroxylation is 2. The van der Waals surface area contributed by atoms with Gasteiger partial charge in [-0.05, 0) is 56.8 Å². The maximum Gasteiger partial charge on any atom is 0.410 e. The minimum absolute atomic E-state index is 0.184. The van der Waals surface area contributed by atoms with E-state index in [-0.39, 0.29) is 12.1 Å². The van der Waals surface area contributed by atoms with Gasteiger partial charge in [0.1, 0.15) is 5.60 Å². The molecule has 28 heavy (non-hydrogen) atoms. The molecule has 2 aromatic rings. The Morgan fingerprint density at radius 1 is 1.29 bits per heavy atom. The average molecular weight is 386 g/mol. The van der Waals surface area contributed by atoms with Crippen molar-refractivity contribution in [2.45, 2.75) is 65.5 Å². The molecule has 0 saturated carbocycles. The highest BCUT2D eigenvalue weighted by Crippen LogP contribution is 2.33. The Balaban J connectivity index is 1.80. The van der Waals surface area contributed by atoms with Crippen LogP contribution in [0, 0.1) is 6.92 Å². The Morgan fingerprint density at radius 3 is 2.54 bits per heavy atom. The summed E-state index contributed by atoms with van der Waals surface area (Å²) in [5, 5.41) is 4.18. The lowest BCUT2D eigenvalue weighted by atomic mass is 10.0. The van der Waals surface area contributed by atoms with E-state index in [9.17, 15) is 4.79 Å². The number of benzene rings is 1. The molecule has 1 aromatic carbocycles. The minimum atomic E-state index is -0.484. The summed E-state index contributed by atoms with van der Waals surface area (Å²) < 4.78 is 10.8. The van der Waals surface area contributed by atoms with Gasteiger partial charge in [-0.1, -0.05) is 25.1 Å². The van der Waals surface area contributed by atoms with Crippen LogP contribution in [0.5, 0.6) is 0 Å². The summed E-state index contributed by atoms with van der Waals surface area (Å²) in [4.78, 5) is 20.8. The van der Waals surface area contributed by atoms with E-state index >= 15 is 0 Å². The number of piperidine rings is 1. The molecule has 0 radical (unpaired) electrons. The molecule has 0 bridgehead atoms. The zero-order valence-electron chi connectivity index (χ0n) is 17.4. The molecule has 1 saturated heterocycles. The highest BCUT2D eigenvalue weighted by molar-refractivity contribution is 5.68. The third-order valence-corrected chi connectivity index (χ3v) is 4.85. The molecule has 7 nitrogen and oxygen atoms in total. The quantitative estimate of drug-likeness (QED) is 0.772. The van der Waals surface area contributed by atoms with Gasteiger partial charge in [-0.25, -0.2) is 4.79 Å². The van der Waals surface area contributed by atoms with Crippen LogP contribution in [0.15, 0.2) is 28.8 Å². The molecule has 0 N–H and O–H groups in total. The Labute approximate surface area is 166 Å². The van der Waals surface area contributed by atoms with Crippen LogP contribution in [0.4, 0.5) is 16.4 Å². The number of likely N-dealkylation sites (tertiary alicyclic amines) is 1. The first-order valence-electron chi connectivity index (χ1n) is 9.94. The second-order valence-corrected chi connectivity index (χ2v) is 8.16. The average Bonchev–Trinajstić information content (AvgIpc) is 3.07. The van der Waals surface area contributed by atoms with Gasteiger partial charge in [0, 0.05) is 31.7 Å². The summed E-state index contributed by atoms with van der Waals surface area (Å²) in [5.74, 6) is 1.12. The van der Waals surface area contributed by atoms with Crippen LogP contribution < -0.4 is 4.90 Å². The minimum Gasteiger partial charge on any atom is -0.444 e. The third kappa shape index (κ3) is 4.64. The zero-order valence-corrected chi connectivity index (χ0v) is 17.4. The topological polar surface area (TPSA) is 71.7 Å². The number of carbonyl (C=O) groups is 1. The number of hydrogen-bond acceptors (Lipinski definition) is 6. The van der Waals surface area contributed by atoms with Crippen molar-refractivity contribution in [3.05, 3.63) is 35.7 Å². The first kappa shape index (κ1) is 20.2. The molecule has 1 aliphatic rings. The standard InChI is InChI=1S/C21H30N4O3/c1-6-16-9-7-8-10-18(16)25(19-22-15(2)28-23-19)17-11-13-24(14-12-17)20(26)27-21(3,4)5/h7-10,17H,6,11-14H2,1-5H3. The van der Waals surface area contributed by atoms with E-state index in [1.165, 1.54) is 5.56 Å². The smallest absolute Gasteiger partial charge is 0.410 e. The number of nitrogens with zero attached hydrogens (tertiary/aromatic N) is 4. The van der Waals surface area contributed by atoms with Crippen molar-refractivity contribution in [3.8, 4) is 0 Å². The van der Waals surface area contributed by atoms with Crippen LogP contribution >= 0.6 is 0 Å². The first-order valence-corrected chi connectivity index (χ1v) is 9.94. The van der Waals surface area contributed by atoms with E-state index in [1.54, 1.807) is 11.8 Å². The predicted octanol–water partition coefficient (Wildman–Crippen LogP) is 4.48. The summed E-state index contributed by atoms with van der Waals surface area (Å²) in [6.45, 7) is 10.9. The Morgan fingerprint density at radius 2 is 1.96 bits per heavy atom. The number of carbonyl (C=O) groups excluding carboxylic acids is 1. The van der Waals surface area contributed by atoms with Crippen molar-refractivity contribution in [2.24, 2.45) is 0 Å². The molecule has 1 aromatic heterocycles. The lowest BCUT2D eigenvalue weighted by Gasteiger charge is -2.38. The number of amides is 1. The van der Waals surface area contributed by atoms with Crippen LogP contribution in [-0.4, -0.2) is 45.9 Å². The zero-order chi connectivity index (χ0) is 20.3. The number of hydrogen-bond donors (Lipinski definition) is 0. The molecule has 0 atom stereocenters. The monoisotopic (exact) mass is 386 g/mol. The van der Waals surface area contributed by atoms with Gasteiger partial charge in [0.25, 0.3) is 5.95 Å². The fraction of sp³-hybridized carbons (Fsp3) is 0.571. The van der Waals surface area contributed by atoms with E-state index in [4.69, 9.17) is 9.26 Å². The highest BCUT2D eigenvalue weighted by Gasteiger charge is 2.32. The molecule has 1 aliphatic heterocycles. The van der Waals surface area contributed by atoms with Crippen molar-refractivity contribution in [2.75, 3.05) is 18.0 Å². The van der Waals surface area contributed by atoms with Crippen molar-refractivity contribution in [1.82, 2.24) is 15.0 Å². The van der Waals surface area contributed by atoms with Crippen LogP contribution in [0.3, 0.4) is 0 Å². The fourth-order valence-corrected chi connectivity index (χ4v) is 3.53. The Kier molecular flexibility index (Phi) is 5.91. The summed E-state index contributed by atoms with van der Waals surface area (Å²) in [7, 11) is 0. The molecule has 1 fully saturated rings. The van der Waals surface area contributed by atoms with Crippen LogP contribution in [0.25, 0.3) is 0 Å². The number of anilines is 2. The van der Waals surface area contributed by atoms with Crippen molar-refractivity contribution in [1.29, 1.82) is 0 Å². The van der Waals surface area contributed by atoms with Crippen LogP contribution in [-0.2, 0) is 11.2 Å². The van der Waals surface area contributed by atoms with Gasteiger partial charge in [-0.15, -0.1) is 0 Å². The van der Waals surface area contributed by atoms with Gasteiger partial charge >= 0.3 is 6.09 Å². The Bertz CT molecular complexity index is 804. The summed E-state index contributed by atoms with van der Waals surface area (Å²) in [5.41, 5.74) is 1.85.